The molecular formula is C19H25N5O2. The summed E-state index contributed by atoms with van der Waals surface area (Å²) in [7, 11) is 0. The number of carbonyl (C=O) groups is 1. The van der Waals surface area contributed by atoms with E-state index in [1.807, 2.05) is 36.4 Å². The minimum atomic E-state index is 0.0624. The van der Waals surface area contributed by atoms with Crippen molar-refractivity contribution in [3.63, 3.8) is 0 Å². The van der Waals surface area contributed by atoms with E-state index >= 15 is 0 Å². The second kappa shape index (κ2) is 9.72. The first-order chi connectivity index (χ1) is 12.8. The zero-order valence-electron chi connectivity index (χ0n) is 14.9. The first-order valence-corrected chi connectivity index (χ1v) is 9.00. The van der Waals surface area contributed by atoms with Crippen molar-refractivity contribution < 1.29 is 9.53 Å². The lowest BCUT2D eigenvalue weighted by atomic mass is 10.1. The Balaban J connectivity index is 1.36. The number of anilines is 2. The van der Waals surface area contributed by atoms with Crippen LogP contribution < -0.4 is 15.5 Å². The predicted octanol–water partition coefficient (Wildman–Crippen LogP) is 1.47. The molecule has 138 valence electrons. The number of hydrogen-bond donors (Lipinski definition) is 2. The van der Waals surface area contributed by atoms with Gasteiger partial charge >= 0.3 is 0 Å². The van der Waals surface area contributed by atoms with Crippen LogP contribution in [0.2, 0.25) is 0 Å². The molecule has 1 fully saturated rings. The minimum absolute atomic E-state index is 0.0624. The molecule has 1 amide bonds. The van der Waals surface area contributed by atoms with Crippen LogP contribution in [0.5, 0.6) is 0 Å². The van der Waals surface area contributed by atoms with Gasteiger partial charge in [-0.2, -0.15) is 0 Å². The van der Waals surface area contributed by atoms with Gasteiger partial charge in [-0.05, 0) is 12.0 Å². The van der Waals surface area contributed by atoms with E-state index in [1.165, 1.54) is 5.56 Å². The maximum atomic E-state index is 11.9. The van der Waals surface area contributed by atoms with Crippen molar-refractivity contribution in [3.05, 3.63) is 48.3 Å². The molecule has 2 heterocycles. The number of benzene rings is 1. The van der Waals surface area contributed by atoms with Crippen LogP contribution in [0.4, 0.5) is 11.6 Å². The highest BCUT2D eigenvalue weighted by molar-refractivity contribution is 5.76. The zero-order valence-corrected chi connectivity index (χ0v) is 14.9. The number of carbonyl (C=O) groups excluding carboxylic acids is 1. The average molecular weight is 355 g/mol. The molecule has 7 heteroatoms. The van der Waals surface area contributed by atoms with Crippen LogP contribution >= 0.6 is 0 Å². The largest absolute Gasteiger partial charge is 0.378 e. The van der Waals surface area contributed by atoms with E-state index in [1.54, 1.807) is 6.33 Å². The summed E-state index contributed by atoms with van der Waals surface area (Å²) in [6.07, 6.45) is 2.82. The Labute approximate surface area is 153 Å². The number of amides is 1. The number of ether oxygens (including phenoxy) is 1. The van der Waals surface area contributed by atoms with Gasteiger partial charge in [0.2, 0.25) is 5.91 Å². The van der Waals surface area contributed by atoms with Crippen LogP contribution in [0.1, 0.15) is 12.0 Å². The quantitative estimate of drug-likeness (QED) is 0.698. The minimum Gasteiger partial charge on any atom is -0.378 e. The lowest BCUT2D eigenvalue weighted by Gasteiger charge is -2.27. The third-order valence-electron chi connectivity index (χ3n) is 4.22. The molecule has 0 radical (unpaired) electrons. The number of hydrogen-bond acceptors (Lipinski definition) is 6. The second-order valence-corrected chi connectivity index (χ2v) is 6.12. The van der Waals surface area contributed by atoms with E-state index in [-0.39, 0.29) is 5.91 Å². The van der Waals surface area contributed by atoms with Gasteiger partial charge in [-0.25, -0.2) is 9.97 Å². The fourth-order valence-corrected chi connectivity index (χ4v) is 2.79. The van der Waals surface area contributed by atoms with Crippen molar-refractivity contribution in [2.75, 3.05) is 49.6 Å². The smallest absolute Gasteiger partial charge is 0.220 e. The molecular weight excluding hydrogens is 330 g/mol. The van der Waals surface area contributed by atoms with Gasteiger partial charge in [0, 0.05) is 38.7 Å². The molecule has 1 aromatic carbocycles. The summed E-state index contributed by atoms with van der Waals surface area (Å²) in [5.74, 6) is 1.73. The number of rotatable bonds is 8. The van der Waals surface area contributed by atoms with Crippen molar-refractivity contribution in [1.82, 2.24) is 15.3 Å². The highest BCUT2D eigenvalue weighted by Crippen LogP contribution is 2.15. The van der Waals surface area contributed by atoms with Crippen molar-refractivity contribution >= 4 is 17.5 Å². The molecule has 0 aliphatic carbocycles. The predicted molar refractivity (Wildman–Crippen MR) is 101 cm³/mol. The molecule has 2 N–H and O–H groups in total. The highest BCUT2D eigenvalue weighted by atomic mass is 16.5. The fourth-order valence-electron chi connectivity index (χ4n) is 2.79. The van der Waals surface area contributed by atoms with Crippen LogP contribution in [0.3, 0.4) is 0 Å². The molecule has 0 saturated carbocycles. The van der Waals surface area contributed by atoms with Crippen molar-refractivity contribution in [1.29, 1.82) is 0 Å². The van der Waals surface area contributed by atoms with Crippen LogP contribution in [-0.2, 0) is 16.0 Å². The maximum Gasteiger partial charge on any atom is 0.220 e. The number of nitrogens with zero attached hydrogens (tertiary/aromatic N) is 3. The average Bonchev–Trinajstić information content (AvgIpc) is 2.71. The summed E-state index contributed by atoms with van der Waals surface area (Å²) in [5, 5.41) is 6.16. The SMILES string of the molecule is O=C(CCc1ccccc1)NCCNc1cc(N2CCOCC2)ncn1. The molecule has 1 aliphatic heterocycles. The van der Waals surface area contributed by atoms with Crippen molar-refractivity contribution in [3.8, 4) is 0 Å². The van der Waals surface area contributed by atoms with Crippen LogP contribution in [0.25, 0.3) is 0 Å². The third kappa shape index (κ3) is 5.70. The number of aromatic nitrogens is 2. The first-order valence-electron chi connectivity index (χ1n) is 9.00. The van der Waals surface area contributed by atoms with Gasteiger partial charge in [0.05, 0.1) is 13.2 Å². The standard InChI is InChI=1S/C19H25N5O2/c25-19(7-6-16-4-2-1-3-5-16)21-9-8-20-17-14-18(23-15-22-17)24-10-12-26-13-11-24/h1-5,14-15H,6-13H2,(H,21,25)(H,20,22,23). The molecule has 0 bridgehead atoms. The van der Waals surface area contributed by atoms with E-state index < -0.39 is 0 Å². The summed E-state index contributed by atoms with van der Waals surface area (Å²) in [6, 6.07) is 12.0. The van der Waals surface area contributed by atoms with Gasteiger partial charge in [-0.1, -0.05) is 30.3 Å². The Kier molecular flexibility index (Phi) is 6.78. The van der Waals surface area contributed by atoms with Gasteiger partial charge in [-0.3, -0.25) is 4.79 Å². The van der Waals surface area contributed by atoms with Gasteiger partial charge in [-0.15, -0.1) is 0 Å². The molecule has 2 aromatic rings. The fraction of sp³-hybridized carbons (Fsp3) is 0.421. The molecule has 1 saturated heterocycles. The lowest BCUT2D eigenvalue weighted by molar-refractivity contribution is -0.120. The Morgan fingerprint density at radius 3 is 2.73 bits per heavy atom. The van der Waals surface area contributed by atoms with Gasteiger partial charge in [0.1, 0.15) is 18.0 Å². The second-order valence-electron chi connectivity index (χ2n) is 6.12. The highest BCUT2D eigenvalue weighted by Gasteiger charge is 2.12. The summed E-state index contributed by atoms with van der Waals surface area (Å²) >= 11 is 0. The summed E-state index contributed by atoms with van der Waals surface area (Å²) in [4.78, 5) is 22.6. The van der Waals surface area contributed by atoms with Gasteiger partial charge in [0.25, 0.3) is 0 Å². The van der Waals surface area contributed by atoms with Gasteiger partial charge < -0.3 is 20.3 Å². The normalized spacial score (nSPS) is 14.1. The third-order valence-corrected chi connectivity index (χ3v) is 4.22. The Hall–Kier alpha value is -2.67. The molecule has 0 atom stereocenters. The van der Waals surface area contributed by atoms with Crippen LogP contribution in [0, 0.1) is 0 Å². The monoisotopic (exact) mass is 355 g/mol. The molecule has 3 rings (SSSR count). The van der Waals surface area contributed by atoms with E-state index in [0.717, 1.165) is 44.4 Å². The Morgan fingerprint density at radius 1 is 1.12 bits per heavy atom. The van der Waals surface area contributed by atoms with E-state index in [9.17, 15) is 4.79 Å². The van der Waals surface area contributed by atoms with Gasteiger partial charge in [0.15, 0.2) is 0 Å². The Bertz CT molecular complexity index is 689. The van der Waals surface area contributed by atoms with Crippen molar-refractivity contribution in [2.45, 2.75) is 12.8 Å². The number of nitrogens with one attached hydrogen (secondary N) is 2. The molecule has 1 aliphatic rings. The van der Waals surface area contributed by atoms with E-state index in [2.05, 4.69) is 25.5 Å². The number of aryl methyl sites for hydroxylation is 1. The number of morpholine rings is 1. The molecule has 7 nitrogen and oxygen atoms in total. The van der Waals surface area contributed by atoms with Crippen molar-refractivity contribution in [2.24, 2.45) is 0 Å². The molecule has 0 spiro atoms. The molecule has 1 aromatic heterocycles. The van der Waals surface area contributed by atoms with Crippen LogP contribution in [0.15, 0.2) is 42.7 Å². The molecule has 0 unspecified atom stereocenters. The van der Waals surface area contributed by atoms with E-state index in [4.69, 9.17) is 4.74 Å². The topological polar surface area (TPSA) is 79.4 Å². The maximum absolute atomic E-state index is 11.9. The first kappa shape index (κ1) is 18.1. The van der Waals surface area contributed by atoms with E-state index in [0.29, 0.717) is 19.5 Å². The van der Waals surface area contributed by atoms with Crippen LogP contribution in [-0.4, -0.2) is 55.3 Å². The zero-order chi connectivity index (χ0) is 18.0. The Morgan fingerprint density at radius 2 is 1.92 bits per heavy atom. The summed E-state index contributed by atoms with van der Waals surface area (Å²) in [5.41, 5.74) is 1.18. The summed E-state index contributed by atoms with van der Waals surface area (Å²) < 4.78 is 5.36. The lowest BCUT2D eigenvalue weighted by Crippen LogP contribution is -2.36. The summed E-state index contributed by atoms with van der Waals surface area (Å²) in [6.45, 7) is 4.31. The molecule has 26 heavy (non-hydrogen) atoms.